The monoisotopic (exact) mass is 508 g/mol. The van der Waals surface area contributed by atoms with Gasteiger partial charge in [0.2, 0.25) is 5.78 Å². The third-order valence-corrected chi connectivity index (χ3v) is 7.56. The maximum Gasteiger partial charge on any atom is 0.255 e. The van der Waals surface area contributed by atoms with Crippen LogP contribution >= 0.6 is 0 Å². The standard InChI is InChI=1S/C27H28N2O8/c1-11(2)29-10-14-3-6-19(37-14)15-4-5-17(30)21-16(15)8-12-7-13-9-18(31)22(26(28)35)25(34)27(13,36)24(33)20(12)23(21)32/h3-6,11-13,29-30,32,34,36H,7-10H2,1-2H3,(H2,28,35). The fourth-order valence-corrected chi connectivity index (χ4v) is 5.77. The van der Waals surface area contributed by atoms with Crippen LogP contribution in [0.4, 0.5) is 0 Å². The summed E-state index contributed by atoms with van der Waals surface area (Å²) in [5.74, 6) is -5.32. The molecule has 0 saturated heterocycles. The summed E-state index contributed by atoms with van der Waals surface area (Å²) in [5.41, 5.74) is 2.86. The molecule has 3 atom stereocenters. The number of aromatic hydroxyl groups is 1. The van der Waals surface area contributed by atoms with Crippen molar-refractivity contribution in [3.05, 3.63) is 58.1 Å². The highest BCUT2D eigenvalue weighted by Crippen LogP contribution is 2.53. The van der Waals surface area contributed by atoms with E-state index in [2.05, 4.69) is 5.32 Å². The van der Waals surface area contributed by atoms with Crippen LogP contribution in [-0.4, -0.2) is 49.5 Å². The molecule has 10 heteroatoms. The molecule has 0 radical (unpaired) electrons. The Bertz CT molecular complexity index is 1420. The summed E-state index contributed by atoms with van der Waals surface area (Å²) in [4.78, 5) is 37.8. The average Bonchev–Trinajstić information content (AvgIpc) is 3.28. The van der Waals surface area contributed by atoms with E-state index >= 15 is 0 Å². The zero-order valence-corrected chi connectivity index (χ0v) is 20.4. The van der Waals surface area contributed by atoms with Crippen LogP contribution in [0, 0.1) is 11.8 Å². The Balaban J connectivity index is 1.61. The van der Waals surface area contributed by atoms with Gasteiger partial charge >= 0.3 is 0 Å². The van der Waals surface area contributed by atoms with Gasteiger partial charge in [-0.05, 0) is 48.6 Å². The third kappa shape index (κ3) is 3.67. The predicted octanol–water partition coefficient (Wildman–Crippen LogP) is 2.18. The van der Waals surface area contributed by atoms with Crippen molar-refractivity contribution in [3.8, 4) is 17.1 Å². The molecule has 1 aromatic heterocycles. The Kier molecular flexibility index (Phi) is 5.76. The fraction of sp³-hybridized carbons (Fsp3) is 0.370. The molecule has 0 spiro atoms. The normalized spacial score (nSPS) is 25.3. The van der Waals surface area contributed by atoms with E-state index < -0.39 is 52.0 Å². The molecule has 1 saturated carbocycles. The summed E-state index contributed by atoms with van der Waals surface area (Å²) in [5, 5.41) is 47.1. The number of amides is 1. The van der Waals surface area contributed by atoms with E-state index in [0.29, 0.717) is 29.2 Å². The molecule has 10 nitrogen and oxygen atoms in total. The number of hydrogen-bond acceptors (Lipinski definition) is 9. The number of hydrogen-bond donors (Lipinski definition) is 6. The van der Waals surface area contributed by atoms with Gasteiger partial charge in [0.15, 0.2) is 11.4 Å². The van der Waals surface area contributed by atoms with E-state index in [0.717, 1.165) is 0 Å². The van der Waals surface area contributed by atoms with Gasteiger partial charge in [0.05, 0.1) is 12.1 Å². The molecule has 1 aromatic carbocycles. The maximum absolute atomic E-state index is 13.6. The smallest absolute Gasteiger partial charge is 0.255 e. The predicted molar refractivity (Wildman–Crippen MR) is 131 cm³/mol. The van der Waals surface area contributed by atoms with Gasteiger partial charge in [0.1, 0.15) is 34.4 Å². The van der Waals surface area contributed by atoms with Crippen LogP contribution in [0.3, 0.4) is 0 Å². The second kappa shape index (κ2) is 8.60. The highest BCUT2D eigenvalue weighted by molar-refractivity contribution is 6.22. The molecule has 194 valence electrons. The highest BCUT2D eigenvalue weighted by Gasteiger charge is 2.60. The summed E-state index contributed by atoms with van der Waals surface area (Å²) in [6, 6.07) is 6.94. The molecule has 5 rings (SSSR count). The lowest BCUT2D eigenvalue weighted by atomic mass is 9.59. The van der Waals surface area contributed by atoms with Crippen molar-refractivity contribution in [3.63, 3.8) is 0 Å². The van der Waals surface area contributed by atoms with Crippen LogP contribution in [-0.2, 0) is 27.3 Å². The van der Waals surface area contributed by atoms with Crippen molar-refractivity contribution in [2.24, 2.45) is 17.6 Å². The first-order chi connectivity index (χ1) is 17.4. The second-order valence-electron chi connectivity index (χ2n) is 10.2. The zero-order valence-electron chi connectivity index (χ0n) is 20.4. The Labute approximate surface area is 212 Å². The molecule has 1 heterocycles. The van der Waals surface area contributed by atoms with E-state index in [1.54, 1.807) is 12.1 Å². The van der Waals surface area contributed by atoms with E-state index in [-0.39, 0.29) is 42.2 Å². The average molecular weight is 509 g/mol. The topological polar surface area (TPSA) is 183 Å². The number of rotatable bonds is 5. The first-order valence-corrected chi connectivity index (χ1v) is 12.1. The first-order valence-electron chi connectivity index (χ1n) is 12.1. The van der Waals surface area contributed by atoms with Gasteiger partial charge in [-0.25, -0.2) is 0 Å². The number of Topliss-reactive ketones (excluding diaryl/α,β-unsaturated/α-hetero) is 2. The van der Waals surface area contributed by atoms with Gasteiger partial charge < -0.3 is 35.9 Å². The molecule has 0 bridgehead atoms. The van der Waals surface area contributed by atoms with Crippen LogP contribution in [0.15, 0.2) is 45.6 Å². The summed E-state index contributed by atoms with van der Waals surface area (Å²) in [7, 11) is 0. The Morgan fingerprint density at radius 2 is 1.89 bits per heavy atom. The van der Waals surface area contributed by atoms with E-state index in [1.165, 1.54) is 6.07 Å². The minimum absolute atomic E-state index is 0.0304. The van der Waals surface area contributed by atoms with Crippen molar-refractivity contribution in [2.75, 3.05) is 0 Å². The highest BCUT2D eigenvalue weighted by atomic mass is 16.4. The van der Waals surface area contributed by atoms with Crippen molar-refractivity contribution >= 4 is 23.2 Å². The maximum atomic E-state index is 13.6. The number of nitrogens with one attached hydrogen (secondary N) is 1. The van der Waals surface area contributed by atoms with Crippen LogP contribution < -0.4 is 11.1 Å². The van der Waals surface area contributed by atoms with Gasteiger partial charge in [0.25, 0.3) is 5.91 Å². The van der Waals surface area contributed by atoms with Crippen LogP contribution in [0.5, 0.6) is 5.75 Å². The number of nitrogens with two attached hydrogens (primary N) is 1. The van der Waals surface area contributed by atoms with Gasteiger partial charge in [0, 0.05) is 29.5 Å². The zero-order chi connectivity index (χ0) is 26.8. The molecule has 3 unspecified atom stereocenters. The molecule has 3 aliphatic rings. The van der Waals surface area contributed by atoms with E-state index in [1.807, 2.05) is 19.9 Å². The minimum Gasteiger partial charge on any atom is -0.508 e. The Morgan fingerprint density at radius 3 is 2.57 bits per heavy atom. The lowest BCUT2D eigenvalue weighted by Gasteiger charge is -2.46. The number of carbonyl (C=O) groups excluding carboxylic acids is 3. The summed E-state index contributed by atoms with van der Waals surface area (Å²) in [6.07, 6.45) is -0.0859. The van der Waals surface area contributed by atoms with E-state index in [9.17, 15) is 34.8 Å². The number of aliphatic hydroxyl groups excluding tert-OH is 2. The number of phenols is 1. The van der Waals surface area contributed by atoms with Crippen molar-refractivity contribution in [2.45, 2.75) is 51.3 Å². The molecule has 1 amide bonds. The number of primary amides is 1. The number of fused-ring (bicyclic) bond motifs is 3. The van der Waals surface area contributed by atoms with Gasteiger partial charge in [-0.2, -0.15) is 0 Å². The van der Waals surface area contributed by atoms with Crippen molar-refractivity contribution in [1.82, 2.24) is 5.32 Å². The van der Waals surface area contributed by atoms with Crippen molar-refractivity contribution < 1.29 is 39.2 Å². The van der Waals surface area contributed by atoms with Gasteiger partial charge in [-0.1, -0.05) is 13.8 Å². The van der Waals surface area contributed by atoms with Crippen LogP contribution in [0.1, 0.15) is 43.6 Å². The SMILES string of the molecule is CC(C)NCc1ccc(-c2ccc(O)c3c2CC2CC4CC(=O)C(C(N)=O)=C(O)C4(O)C(=O)C2=C3O)o1. The van der Waals surface area contributed by atoms with Gasteiger partial charge in [-0.15, -0.1) is 0 Å². The molecule has 37 heavy (non-hydrogen) atoms. The second-order valence-corrected chi connectivity index (χ2v) is 10.2. The van der Waals surface area contributed by atoms with Crippen molar-refractivity contribution in [1.29, 1.82) is 0 Å². The summed E-state index contributed by atoms with van der Waals surface area (Å²) in [6.45, 7) is 4.55. The van der Waals surface area contributed by atoms with Gasteiger partial charge in [-0.3, -0.25) is 14.4 Å². The summed E-state index contributed by atoms with van der Waals surface area (Å²) >= 11 is 0. The number of aliphatic hydroxyl groups is 3. The van der Waals surface area contributed by atoms with Crippen LogP contribution in [0.2, 0.25) is 0 Å². The number of ketones is 2. The number of furan rings is 1. The number of phenolic OH excluding ortho intramolecular Hbond substituents is 1. The number of carbonyl (C=O) groups is 3. The van der Waals surface area contributed by atoms with E-state index in [4.69, 9.17) is 10.2 Å². The Morgan fingerprint density at radius 1 is 1.16 bits per heavy atom. The molecule has 3 aliphatic carbocycles. The minimum atomic E-state index is -2.58. The Hall–Kier alpha value is -3.89. The molecular weight excluding hydrogens is 480 g/mol. The molecule has 7 N–H and O–H groups in total. The first kappa shape index (κ1) is 24.8. The number of benzene rings is 1. The quantitative estimate of drug-likeness (QED) is 0.330. The molecule has 1 fully saturated rings. The fourth-order valence-electron chi connectivity index (χ4n) is 5.77. The molecule has 0 aliphatic heterocycles. The largest absolute Gasteiger partial charge is 0.508 e. The lowest BCUT2D eigenvalue weighted by molar-refractivity contribution is -0.147. The molecular formula is C27H28N2O8. The third-order valence-electron chi connectivity index (χ3n) is 7.56. The lowest BCUT2D eigenvalue weighted by Crippen LogP contribution is -2.58. The van der Waals surface area contributed by atoms with Crippen LogP contribution in [0.25, 0.3) is 17.1 Å². The molecule has 2 aromatic rings. The summed E-state index contributed by atoms with van der Waals surface area (Å²) < 4.78 is 6.01.